The number of aromatic nitrogens is 3. The van der Waals surface area contributed by atoms with Crippen LogP contribution in [-0.2, 0) is 0 Å². The molecule has 2 aromatic carbocycles. The number of nitrogens with one attached hydrogen (secondary N) is 1. The van der Waals surface area contributed by atoms with Gasteiger partial charge in [0.05, 0.1) is 5.69 Å². The van der Waals surface area contributed by atoms with E-state index in [1.807, 2.05) is 49.5 Å². The molecule has 7 heteroatoms. The first-order chi connectivity index (χ1) is 17.8. The molecule has 0 aliphatic carbocycles. The number of fused-ring (bicyclic) bond motifs is 1. The summed E-state index contributed by atoms with van der Waals surface area (Å²) < 4.78 is 0. The largest absolute Gasteiger partial charge is 0.339 e. The average Bonchev–Trinajstić information content (AvgIpc) is 2.88. The summed E-state index contributed by atoms with van der Waals surface area (Å²) in [5.74, 6) is 4.09. The Balaban J connectivity index is 1.47. The minimum atomic E-state index is -1.46. The molecule has 0 saturated carbocycles. The van der Waals surface area contributed by atoms with Gasteiger partial charge < -0.3 is 16.0 Å². The van der Waals surface area contributed by atoms with Crippen molar-refractivity contribution in [3.8, 4) is 22.7 Å². The Morgan fingerprint density at radius 3 is 2.65 bits per heavy atom. The van der Waals surface area contributed by atoms with Gasteiger partial charge in [-0.1, -0.05) is 43.8 Å². The molecule has 1 aliphatic heterocycles. The van der Waals surface area contributed by atoms with Gasteiger partial charge in [-0.2, -0.15) is 0 Å². The number of hydrogen-bond donors (Lipinski definition) is 2. The maximum Gasteiger partial charge on any atom is 0.140 e. The minimum Gasteiger partial charge on any atom is -0.339 e. The third-order valence-electron chi connectivity index (χ3n) is 6.03. The zero-order valence-corrected chi connectivity index (χ0v) is 22.5. The molecule has 4 aromatic rings. The molecule has 0 amide bonds. The molecule has 2 aromatic heterocycles. The standard InChI is InChI=1S/C30H30N6Si/c1-21-11-12-26(27-13-16-32-20-33-27)30(34-21)35-28-10-6-9-25-24(28)14-17-36(29(25)31)23-8-5-7-22(19-23)15-18-37(2,3)4/h5-14,16-17,19-20,29H,31H2,1-4H3,(H,34,35). The average molecular weight is 503 g/mol. The van der Waals surface area contributed by atoms with E-state index in [1.54, 1.807) is 12.5 Å². The van der Waals surface area contributed by atoms with Crippen LogP contribution >= 0.6 is 0 Å². The number of pyridine rings is 1. The van der Waals surface area contributed by atoms with Gasteiger partial charge in [0.1, 0.15) is 26.4 Å². The molecule has 184 valence electrons. The van der Waals surface area contributed by atoms with Crippen molar-refractivity contribution in [3.63, 3.8) is 0 Å². The number of rotatable bonds is 4. The second-order valence-electron chi connectivity index (χ2n) is 10.1. The Hall–Kier alpha value is -4.25. The van der Waals surface area contributed by atoms with Crippen LogP contribution in [0.1, 0.15) is 28.6 Å². The fraction of sp³-hybridized carbons (Fsp3) is 0.167. The first kappa shape index (κ1) is 24.4. The Kier molecular flexibility index (Phi) is 6.61. The number of aryl methyl sites for hydroxylation is 1. The van der Waals surface area contributed by atoms with Crippen LogP contribution < -0.4 is 16.0 Å². The van der Waals surface area contributed by atoms with Crippen molar-refractivity contribution in [3.05, 3.63) is 102 Å². The van der Waals surface area contributed by atoms with Gasteiger partial charge in [-0.15, -0.1) is 5.54 Å². The summed E-state index contributed by atoms with van der Waals surface area (Å²) in [4.78, 5) is 15.3. The second kappa shape index (κ2) is 10.0. The summed E-state index contributed by atoms with van der Waals surface area (Å²) in [5, 5.41) is 3.54. The molecule has 5 rings (SSSR count). The van der Waals surface area contributed by atoms with E-state index in [0.29, 0.717) is 0 Å². The zero-order chi connectivity index (χ0) is 26.0. The summed E-state index contributed by atoms with van der Waals surface area (Å²) in [6, 6.07) is 20.3. The van der Waals surface area contributed by atoms with E-state index < -0.39 is 8.07 Å². The molecular formula is C30H30N6Si. The van der Waals surface area contributed by atoms with Crippen LogP contribution in [-0.4, -0.2) is 23.0 Å². The van der Waals surface area contributed by atoms with Gasteiger partial charge in [0, 0.05) is 46.2 Å². The van der Waals surface area contributed by atoms with Crippen LogP contribution in [0.3, 0.4) is 0 Å². The molecule has 1 aliphatic rings. The SMILES string of the molecule is Cc1ccc(-c2ccncn2)c(Nc2cccc3c2C=CN(c2cccc(C#C[Si](C)(C)C)c2)C3N)n1. The monoisotopic (exact) mass is 502 g/mol. The highest BCUT2D eigenvalue weighted by atomic mass is 28.3. The maximum absolute atomic E-state index is 6.81. The summed E-state index contributed by atoms with van der Waals surface area (Å²) >= 11 is 0. The molecule has 0 spiro atoms. The zero-order valence-electron chi connectivity index (χ0n) is 21.5. The molecule has 3 N–H and O–H groups in total. The lowest BCUT2D eigenvalue weighted by molar-refractivity contribution is 0.723. The lowest BCUT2D eigenvalue weighted by Crippen LogP contribution is -2.33. The molecule has 0 fully saturated rings. The fourth-order valence-corrected chi connectivity index (χ4v) is 4.74. The van der Waals surface area contributed by atoms with Gasteiger partial charge in [-0.3, -0.25) is 0 Å². The molecule has 0 radical (unpaired) electrons. The van der Waals surface area contributed by atoms with E-state index in [2.05, 4.69) is 81.6 Å². The van der Waals surface area contributed by atoms with Crippen LogP contribution in [0.25, 0.3) is 17.3 Å². The Bertz CT molecular complexity index is 1530. The highest BCUT2D eigenvalue weighted by molar-refractivity contribution is 6.83. The third kappa shape index (κ3) is 5.46. The number of nitrogens with two attached hydrogens (primary N) is 1. The van der Waals surface area contributed by atoms with Crippen molar-refractivity contribution in [2.45, 2.75) is 32.7 Å². The normalized spacial score (nSPS) is 14.5. The van der Waals surface area contributed by atoms with E-state index >= 15 is 0 Å². The molecular weight excluding hydrogens is 472 g/mol. The fourth-order valence-electron chi connectivity index (χ4n) is 4.22. The van der Waals surface area contributed by atoms with Gasteiger partial charge in [0.2, 0.25) is 0 Å². The summed E-state index contributed by atoms with van der Waals surface area (Å²) in [7, 11) is -1.46. The quantitative estimate of drug-likeness (QED) is 0.253. The summed E-state index contributed by atoms with van der Waals surface area (Å²) in [5.41, 5.74) is 17.9. The van der Waals surface area contributed by atoms with Gasteiger partial charge >= 0.3 is 0 Å². The van der Waals surface area contributed by atoms with E-state index in [0.717, 1.165) is 50.8 Å². The lowest BCUT2D eigenvalue weighted by atomic mass is 9.98. The predicted molar refractivity (Wildman–Crippen MR) is 155 cm³/mol. The Labute approximate surface area is 219 Å². The summed E-state index contributed by atoms with van der Waals surface area (Å²) in [6.07, 6.45) is 7.08. The van der Waals surface area contributed by atoms with Crippen molar-refractivity contribution < 1.29 is 0 Å². The second-order valence-corrected chi connectivity index (χ2v) is 14.8. The molecule has 0 saturated heterocycles. The van der Waals surface area contributed by atoms with Crippen molar-refractivity contribution in [2.24, 2.45) is 5.73 Å². The van der Waals surface area contributed by atoms with Crippen molar-refractivity contribution in [2.75, 3.05) is 10.2 Å². The number of hydrogen-bond acceptors (Lipinski definition) is 6. The molecule has 1 unspecified atom stereocenters. The van der Waals surface area contributed by atoms with Crippen molar-refractivity contribution in [1.82, 2.24) is 15.0 Å². The first-order valence-electron chi connectivity index (χ1n) is 12.3. The van der Waals surface area contributed by atoms with E-state index in [1.165, 1.54) is 0 Å². The molecule has 3 heterocycles. The van der Waals surface area contributed by atoms with Crippen LogP contribution in [0.2, 0.25) is 19.6 Å². The predicted octanol–water partition coefficient (Wildman–Crippen LogP) is 6.27. The van der Waals surface area contributed by atoms with E-state index in [-0.39, 0.29) is 6.17 Å². The minimum absolute atomic E-state index is 0.339. The van der Waals surface area contributed by atoms with Gasteiger partial charge in [0.15, 0.2) is 0 Å². The molecule has 1 atom stereocenters. The van der Waals surface area contributed by atoms with Gasteiger partial charge in [-0.25, -0.2) is 15.0 Å². The first-order valence-corrected chi connectivity index (χ1v) is 15.8. The third-order valence-corrected chi connectivity index (χ3v) is 6.91. The van der Waals surface area contributed by atoms with Crippen molar-refractivity contribution >= 4 is 31.3 Å². The topological polar surface area (TPSA) is 80.0 Å². The van der Waals surface area contributed by atoms with Gasteiger partial charge in [-0.05, 0) is 61.0 Å². The molecule has 37 heavy (non-hydrogen) atoms. The van der Waals surface area contributed by atoms with Crippen LogP contribution in [0.4, 0.5) is 17.2 Å². The Morgan fingerprint density at radius 2 is 1.86 bits per heavy atom. The van der Waals surface area contributed by atoms with E-state index in [9.17, 15) is 0 Å². The summed E-state index contributed by atoms with van der Waals surface area (Å²) in [6.45, 7) is 8.72. The van der Waals surface area contributed by atoms with Crippen LogP contribution in [0, 0.1) is 18.4 Å². The number of nitrogens with zero attached hydrogens (tertiary/aromatic N) is 4. The highest BCUT2D eigenvalue weighted by Crippen LogP contribution is 2.37. The van der Waals surface area contributed by atoms with E-state index in [4.69, 9.17) is 10.7 Å². The Morgan fingerprint density at radius 1 is 1.03 bits per heavy atom. The number of anilines is 3. The molecule has 0 bridgehead atoms. The van der Waals surface area contributed by atoms with Crippen molar-refractivity contribution in [1.29, 1.82) is 0 Å². The maximum atomic E-state index is 6.81. The van der Waals surface area contributed by atoms with Crippen LogP contribution in [0.15, 0.2) is 79.4 Å². The molecule has 6 nitrogen and oxygen atoms in total. The highest BCUT2D eigenvalue weighted by Gasteiger charge is 2.23. The number of benzene rings is 2. The lowest BCUT2D eigenvalue weighted by Gasteiger charge is -2.33. The smallest absolute Gasteiger partial charge is 0.140 e. The van der Waals surface area contributed by atoms with Crippen LogP contribution in [0.5, 0.6) is 0 Å². The van der Waals surface area contributed by atoms with Gasteiger partial charge in [0.25, 0.3) is 0 Å².